The molecule has 0 N–H and O–H groups in total. The monoisotopic (exact) mass is 634 g/mol. The highest BCUT2D eigenvalue weighted by atomic mass is 32.2. The Labute approximate surface area is 251 Å². The van der Waals surface area contributed by atoms with Crippen LogP contribution in [0, 0.1) is 0 Å². The van der Waals surface area contributed by atoms with E-state index in [-0.39, 0.29) is 10.2 Å². The largest absolute Gasteiger partial charge is 0.282 e. The summed E-state index contributed by atoms with van der Waals surface area (Å²) in [5.41, 5.74) is 2.82. The lowest BCUT2D eigenvalue weighted by Crippen LogP contribution is -2.06. The molecule has 2 aliphatic heterocycles. The Kier molecular flexibility index (Phi) is 15.9. The van der Waals surface area contributed by atoms with Gasteiger partial charge < -0.3 is 0 Å². The number of carbonyl (C=O) groups is 2. The molecule has 1 aromatic rings. The van der Waals surface area contributed by atoms with Crippen LogP contribution in [0.25, 0.3) is 0 Å². The first-order valence-electron chi connectivity index (χ1n) is 11.9. The van der Waals surface area contributed by atoms with Crippen molar-refractivity contribution in [2.24, 2.45) is 0 Å². The molecule has 2 saturated heterocycles. The van der Waals surface area contributed by atoms with E-state index < -0.39 is 0 Å². The average molecular weight is 635 g/mol. The molecule has 1 aromatic carbocycles. The van der Waals surface area contributed by atoms with Gasteiger partial charge in [0.25, 0.3) is 0 Å². The van der Waals surface area contributed by atoms with Crippen LogP contribution >= 0.6 is 94.1 Å². The van der Waals surface area contributed by atoms with Crippen LogP contribution in [0.2, 0.25) is 0 Å². The molecule has 36 heavy (non-hydrogen) atoms. The number of hydrogen-bond acceptors (Lipinski definition) is 10. The van der Waals surface area contributed by atoms with E-state index in [0.717, 1.165) is 34.5 Å². The summed E-state index contributed by atoms with van der Waals surface area (Å²) in [6.07, 6.45) is 5.30. The van der Waals surface area contributed by atoms with E-state index in [2.05, 4.69) is 84.5 Å². The molecule has 0 saturated carbocycles. The third-order valence-corrected chi connectivity index (χ3v) is 16.7. The van der Waals surface area contributed by atoms with E-state index in [4.69, 9.17) is 0 Å². The van der Waals surface area contributed by atoms with Gasteiger partial charge in [-0.05, 0) is 47.6 Å². The minimum absolute atomic E-state index is 0.0926. The lowest BCUT2D eigenvalue weighted by molar-refractivity contribution is -0.107. The number of carbonyl (C=O) groups excluding carboxylic acids is 2. The van der Waals surface area contributed by atoms with Gasteiger partial charge in [-0.2, -0.15) is 23.5 Å². The van der Waals surface area contributed by atoms with Crippen LogP contribution in [-0.2, 0) is 21.1 Å². The highest BCUT2D eigenvalue weighted by Crippen LogP contribution is 2.42. The molecule has 10 heteroatoms. The SMILES string of the molecule is C=CC(=O)SCC1CSC(CCSCc2ccc(CSCCC3SCC(CSC(=O)C=C)S3)cc2)S1. The quantitative estimate of drug-likeness (QED) is 0.131. The van der Waals surface area contributed by atoms with Crippen LogP contribution in [0.3, 0.4) is 0 Å². The maximum atomic E-state index is 11.4. The molecule has 2 nitrogen and oxygen atoms in total. The molecule has 2 fully saturated rings. The Balaban J connectivity index is 1.20. The van der Waals surface area contributed by atoms with E-state index in [9.17, 15) is 9.59 Å². The first-order chi connectivity index (χ1) is 17.6. The first kappa shape index (κ1) is 31.4. The molecule has 0 radical (unpaired) electrons. The predicted octanol–water partition coefficient (Wildman–Crippen LogP) is 8.17. The molecule has 0 spiro atoms. The molecule has 0 aromatic heterocycles. The smallest absolute Gasteiger partial charge is 0.211 e. The maximum absolute atomic E-state index is 11.4. The van der Waals surface area contributed by atoms with Gasteiger partial charge in [-0.3, -0.25) is 9.59 Å². The van der Waals surface area contributed by atoms with Crippen molar-refractivity contribution in [2.75, 3.05) is 34.5 Å². The summed E-state index contributed by atoms with van der Waals surface area (Å²) in [6.45, 7) is 7.09. The van der Waals surface area contributed by atoms with Gasteiger partial charge >= 0.3 is 0 Å². The Bertz CT molecular complexity index is 778. The fraction of sp³-hybridized carbons (Fsp3) is 0.538. The van der Waals surface area contributed by atoms with Gasteiger partial charge in [0.1, 0.15) is 0 Å². The summed E-state index contributed by atoms with van der Waals surface area (Å²) in [5, 5.41) is 1.37. The van der Waals surface area contributed by atoms with E-state index in [1.165, 1.54) is 71.2 Å². The summed E-state index contributed by atoms with van der Waals surface area (Å²) >= 11 is 15.1. The Morgan fingerprint density at radius 3 is 1.58 bits per heavy atom. The second kappa shape index (κ2) is 18.2. The van der Waals surface area contributed by atoms with Gasteiger partial charge in [-0.15, -0.1) is 47.0 Å². The van der Waals surface area contributed by atoms with Crippen molar-refractivity contribution in [2.45, 2.75) is 44.0 Å². The molecule has 0 bridgehead atoms. The van der Waals surface area contributed by atoms with Crippen LogP contribution in [0.1, 0.15) is 24.0 Å². The van der Waals surface area contributed by atoms with Crippen molar-refractivity contribution in [3.63, 3.8) is 0 Å². The molecule has 198 valence electrons. The second-order valence-electron chi connectivity index (χ2n) is 8.21. The topological polar surface area (TPSA) is 34.1 Å². The summed E-state index contributed by atoms with van der Waals surface area (Å²) < 4.78 is 1.35. The number of benzene rings is 1. The lowest BCUT2D eigenvalue weighted by atomic mass is 10.2. The molecule has 2 aliphatic rings. The highest BCUT2D eigenvalue weighted by molar-refractivity contribution is 8.22. The zero-order valence-corrected chi connectivity index (χ0v) is 26.9. The van der Waals surface area contributed by atoms with Gasteiger partial charge in [-0.25, -0.2) is 0 Å². The van der Waals surface area contributed by atoms with Crippen LogP contribution < -0.4 is 0 Å². The summed E-state index contributed by atoms with van der Waals surface area (Å²) in [7, 11) is 0. The number of rotatable bonds is 16. The number of hydrogen-bond donors (Lipinski definition) is 0. The molecule has 4 unspecified atom stereocenters. The van der Waals surface area contributed by atoms with Crippen molar-refractivity contribution in [1.82, 2.24) is 0 Å². The normalized spacial score (nSPS) is 23.6. The molecule has 3 rings (SSSR count). The zero-order chi connectivity index (χ0) is 25.6. The van der Waals surface area contributed by atoms with Crippen LogP contribution in [0.15, 0.2) is 49.6 Å². The summed E-state index contributed by atoms with van der Waals surface area (Å²) in [6, 6.07) is 9.17. The van der Waals surface area contributed by atoms with Crippen LogP contribution in [0.5, 0.6) is 0 Å². The molecule has 0 amide bonds. The van der Waals surface area contributed by atoms with E-state index in [0.29, 0.717) is 19.7 Å². The van der Waals surface area contributed by atoms with Gasteiger partial charge in [-0.1, -0.05) is 60.9 Å². The third kappa shape index (κ3) is 12.3. The van der Waals surface area contributed by atoms with Crippen LogP contribution in [0.4, 0.5) is 0 Å². The Hall–Kier alpha value is 0.840. The summed E-state index contributed by atoms with van der Waals surface area (Å²) in [5.74, 6) is 8.68. The van der Waals surface area contributed by atoms with Crippen molar-refractivity contribution in [1.29, 1.82) is 0 Å². The standard InChI is InChI=1S/C26H34O2S8/c1-3-23(27)31-15-21-17-33-25(35-21)9-11-29-13-19-5-7-20(8-6-19)14-30-12-10-26-34-18-22(36-26)16-32-24(28)4-2/h3-8,21-22,25-26H,1-2,9-18H2. The van der Waals surface area contributed by atoms with Gasteiger partial charge in [0, 0.05) is 45.0 Å². The second-order valence-corrected chi connectivity index (χ2v) is 18.6. The predicted molar refractivity (Wildman–Crippen MR) is 179 cm³/mol. The number of thioether (sulfide) groups is 8. The van der Waals surface area contributed by atoms with Crippen molar-refractivity contribution in [3.8, 4) is 0 Å². The first-order valence-corrected chi connectivity index (χ1v) is 20.2. The molecular weight excluding hydrogens is 601 g/mol. The summed E-state index contributed by atoms with van der Waals surface area (Å²) in [4.78, 5) is 22.8. The zero-order valence-electron chi connectivity index (χ0n) is 20.3. The fourth-order valence-electron chi connectivity index (χ4n) is 3.43. The third-order valence-electron chi connectivity index (χ3n) is 5.34. The lowest BCUT2D eigenvalue weighted by Gasteiger charge is -2.10. The average Bonchev–Trinajstić information content (AvgIpc) is 3.56. The Morgan fingerprint density at radius 1 is 0.778 bits per heavy atom. The van der Waals surface area contributed by atoms with Gasteiger partial charge in [0.05, 0.1) is 9.16 Å². The van der Waals surface area contributed by atoms with E-state index in [1.54, 1.807) is 0 Å². The maximum Gasteiger partial charge on any atom is 0.211 e. The molecule has 0 aliphatic carbocycles. The van der Waals surface area contributed by atoms with Crippen molar-refractivity contribution >= 4 is 104 Å². The van der Waals surface area contributed by atoms with Crippen LogP contribution in [-0.4, -0.2) is 64.4 Å². The van der Waals surface area contributed by atoms with E-state index in [1.807, 2.05) is 23.5 Å². The molecular formula is C26H34O2S8. The van der Waals surface area contributed by atoms with Gasteiger partial charge in [0.15, 0.2) is 0 Å². The van der Waals surface area contributed by atoms with Crippen molar-refractivity contribution in [3.05, 3.63) is 60.7 Å². The highest BCUT2D eigenvalue weighted by Gasteiger charge is 2.27. The minimum Gasteiger partial charge on any atom is -0.282 e. The van der Waals surface area contributed by atoms with Gasteiger partial charge in [0.2, 0.25) is 10.2 Å². The van der Waals surface area contributed by atoms with E-state index >= 15 is 0 Å². The molecule has 4 atom stereocenters. The fourth-order valence-corrected chi connectivity index (χ4v) is 14.7. The Morgan fingerprint density at radius 2 is 1.19 bits per heavy atom. The van der Waals surface area contributed by atoms with Crippen molar-refractivity contribution < 1.29 is 9.59 Å². The molecule has 2 heterocycles. The minimum atomic E-state index is 0.0926.